The molecule has 5 heteroatoms. The lowest BCUT2D eigenvalue weighted by Crippen LogP contribution is -2.37. The fraction of sp³-hybridized carbons (Fsp3) is 0.300. The van der Waals surface area contributed by atoms with E-state index in [-0.39, 0.29) is 17.9 Å². The minimum atomic E-state index is -0.341. The molecule has 0 spiro atoms. The molecule has 2 rings (SSSR count). The van der Waals surface area contributed by atoms with Gasteiger partial charge in [-0.05, 0) is 42.9 Å². The molecular weight excluding hydrogens is 314 g/mol. The molecule has 2 amide bonds. The van der Waals surface area contributed by atoms with Gasteiger partial charge in [0.25, 0.3) is 0 Å². The van der Waals surface area contributed by atoms with Crippen LogP contribution in [0.15, 0.2) is 54.6 Å². The maximum Gasteiger partial charge on any atom is 0.246 e. The van der Waals surface area contributed by atoms with E-state index >= 15 is 0 Å². The average Bonchev–Trinajstić information content (AvgIpc) is 2.61. The standard InChI is InChI=1S/C20H25N3O2/c1-4-23(5-2)19(16-9-7-6-8-10-16)20(25)22-18-13-11-17(12-14-18)21-15(3)24/h6-14,19H,4-5H2,1-3H3,(H,21,24)(H,22,25). The van der Waals surface area contributed by atoms with Crippen molar-refractivity contribution >= 4 is 23.2 Å². The van der Waals surface area contributed by atoms with E-state index in [0.29, 0.717) is 11.4 Å². The summed E-state index contributed by atoms with van der Waals surface area (Å²) in [5.74, 6) is -0.190. The Bertz CT molecular complexity index is 695. The number of carbonyl (C=O) groups is 2. The number of hydrogen-bond acceptors (Lipinski definition) is 3. The van der Waals surface area contributed by atoms with Crippen LogP contribution in [0.5, 0.6) is 0 Å². The second-order valence-electron chi connectivity index (χ2n) is 5.78. The van der Waals surface area contributed by atoms with Gasteiger partial charge in [0.2, 0.25) is 11.8 Å². The number of likely N-dealkylation sites (N-methyl/N-ethyl adjacent to an activating group) is 1. The van der Waals surface area contributed by atoms with Crippen molar-refractivity contribution in [1.82, 2.24) is 4.90 Å². The van der Waals surface area contributed by atoms with Crippen molar-refractivity contribution < 1.29 is 9.59 Å². The van der Waals surface area contributed by atoms with Crippen LogP contribution in [0.3, 0.4) is 0 Å². The Kier molecular flexibility index (Phi) is 6.71. The number of nitrogens with one attached hydrogen (secondary N) is 2. The molecule has 0 aliphatic carbocycles. The minimum Gasteiger partial charge on any atom is -0.326 e. The van der Waals surface area contributed by atoms with E-state index in [1.807, 2.05) is 30.3 Å². The van der Waals surface area contributed by atoms with Gasteiger partial charge in [-0.2, -0.15) is 0 Å². The van der Waals surface area contributed by atoms with E-state index in [1.54, 1.807) is 24.3 Å². The van der Waals surface area contributed by atoms with Gasteiger partial charge in [0.05, 0.1) is 0 Å². The van der Waals surface area contributed by atoms with Crippen LogP contribution < -0.4 is 10.6 Å². The summed E-state index contributed by atoms with van der Waals surface area (Å²) in [5.41, 5.74) is 2.37. The van der Waals surface area contributed by atoms with Gasteiger partial charge in [-0.25, -0.2) is 0 Å². The highest BCUT2D eigenvalue weighted by Gasteiger charge is 2.25. The summed E-state index contributed by atoms with van der Waals surface area (Å²) in [7, 11) is 0. The van der Waals surface area contributed by atoms with Crippen LogP contribution in [-0.2, 0) is 9.59 Å². The summed E-state index contributed by atoms with van der Waals surface area (Å²) in [5, 5.41) is 5.69. The van der Waals surface area contributed by atoms with Gasteiger partial charge in [-0.1, -0.05) is 44.2 Å². The smallest absolute Gasteiger partial charge is 0.246 e. The van der Waals surface area contributed by atoms with Crippen molar-refractivity contribution in [2.75, 3.05) is 23.7 Å². The number of nitrogens with zero attached hydrogens (tertiary/aromatic N) is 1. The maximum absolute atomic E-state index is 12.9. The number of benzene rings is 2. The SMILES string of the molecule is CCN(CC)C(C(=O)Nc1ccc(NC(C)=O)cc1)c1ccccc1. The van der Waals surface area contributed by atoms with E-state index in [4.69, 9.17) is 0 Å². The van der Waals surface area contributed by atoms with Gasteiger partial charge in [0, 0.05) is 18.3 Å². The number of amides is 2. The van der Waals surface area contributed by atoms with Crippen LogP contribution in [-0.4, -0.2) is 29.8 Å². The summed E-state index contributed by atoms with van der Waals surface area (Å²) in [6, 6.07) is 16.6. The summed E-state index contributed by atoms with van der Waals surface area (Å²) in [6.45, 7) is 7.13. The van der Waals surface area contributed by atoms with E-state index in [2.05, 4.69) is 29.4 Å². The third kappa shape index (κ3) is 5.16. The zero-order valence-corrected chi connectivity index (χ0v) is 15.0. The lowest BCUT2D eigenvalue weighted by Gasteiger charge is -2.29. The zero-order valence-electron chi connectivity index (χ0n) is 15.0. The van der Waals surface area contributed by atoms with E-state index in [9.17, 15) is 9.59 Å². The molecule has 0 saturated heterocycles. The van der Waals surface area contributed by atoms with Crippen molar-refractivity contribution in [3.8, 4) is 0 Å². The van der Waals surface area contributed by atoms with Crippen LogP contribution in [0.4, 0.5) is 11.4 Å². The second kappa shape index (κ2) is 8.99. The molecule has 0 saturated carbocycles. The lowest BCUT2D eigenvalue weighted by molar-refractivity contribution is -0.121. The first-order valence-electron chi connectivity index (χ1n) is 8.52. The van der Waals surface area contributed by atoms with Crippen LogP contribution in [0.2, 0.25) is 0 Å². The Balaban J connectivity index is 2.18. The number of rotatable bonds is 7. The van der Waals surface area contributed by atoms with Gasteiger partial charge < -0.3 is 10.6 Å². The number of hydrogen-bond donors (Lipinski definition) is 2. The summed E-state index contributed by atoms with van der Waals surface area (Å²) < 4.78 is 0. The molecule has 0 aliphatic heterocycles. The quantitative estimate of drug-likeness (QED) is 0.809. The fourth-order valence-corrected chi connectivity index (χ4v) is 2.80. The predicted molar refractivity (Wildman–Crippen MR) is 101 cm³/mol. The van der Waals surface area contributed by atoms with E-state index in [0.717, 1.165) is 18.7 Å². The van der Waals surface area contributed by atoms with Crippen molar-refractivity contribution in [2.24, 2.45) is 0 Å². The molecule has 2 N–H and O–H groups in total. The van der Waals surface area contributed by atoms with Gasteiger partial charge >= 0.3 is 0 Å². The Hall–Kier alpha value is -2.66. The van der Waals surface area contributed by atoms with E-state index in [1.165, 1.54) is 6.92 Å². The Morgan fingerprint density at radius 2 is 1.40 bits per heavy atom. The highest BCUT2D eigenvalue weighted by molar-refractivity contribution is 5.96. The molecule has 5 nitrogen and oxygen atoms in total. The molecule has 0 fully saturated rings. The first-order valence-corrected chi connectivity index (χ1v) is 8.52. The van der Waals surface area contributed by atoms with E-state index < -0.39 is 0 Å². The van der Waals surface area contributed by atoms with Gasteiger partial charge in [0.15, 0.2) is 0 Å². The second-order valence-corrected chi connectivity index (χ2v) is 5.78. The number of carbonyl (C=O) groups excluding carboxylic acids is 2. The predicted octanol–water partition coefficient (Wildman–Crippen LogP) is 3.67. The Morgan fingerprint density at radius 1 is 0.880 bits per heavy atom. The first kappa shape index (κ1) is 18.7. The normalized spacial score (nSPS) is 11.8. The molecule has 2 aromatic carbocycles. The Morgan fingerprint density at radius 3 is 1.88 bits per heavy atom. The topological polar surface area (TPSA) is 61.4 Å². The zero-order chi connectivity index (χ0) is 18.2. The Labute approximate surface area is 149 Å². The lowest BCUT2D eigenvalue weighted by atomic mass is 10.0. The van der Waals surface area contributed by atoms with Crippen LogP contribution in [0.25, 0.3) is 0 Å². The molecule has 0 bridgehead atoms. The molecule has 0 radical (unpaired) electrons. The molecule has 0 heterocycles. The molecule has 132 valence electrons. The summed E-state index contributed by atoms with van der Waals surface area (Å²) in [6.07, 6.45) is 0. The van der Waals surface area contributed by atoms with Crippen molar-refractivity contribution in [3.05, 3.63) is 60.2 Å². The third-order valence-electron chi connectivity index (χ3n) is 4.01. The monoisotopic (exact) mass is 339 g/mol. The number of anilines is 2. The highest BCUT2D eigenvalue weighted by atomic mass is 16.2. The largest absolute Gasteiger partial charge is 0.326 e. The molecule has 25 heavy (non-hydrogen) atoms. The average molecular weight is 339 g/mol. The van der Waals surface area contributed by atoms with Crippen LogP contribution in [0.1, 0.15) is 32.4 Å². The van der Waals surface area contributed by atoms with Crippen molar-refractivity contribution in [3.63, 3.8) is 0 Å². The van der Waals surface area contributed by atoms with Gasteiger partial charge in [-0.3, -0.25) is 14.5 Å². The molecule has 0 aromatic heterocycles. The molecule has 1 atom stereocenters. The summed E-state index contributed by atoms with van der Waals surface area (Å²) in [4.78, 5) is 26.1. The van der Waals surface area contributed by atoms with Crippen molar-refractivity contribution in [1.29, 1.82) is 0 Å². The van der Waals surface area contributed by atoms with Crippen LogP contribution >= 0.6 is 0 Å². The molecule has 2 aromatic rings. The fourth-order valence-electron chi connectivity index (χ4n) is 2.80. The van der Waals surface area contributed by atoms with Gasteiger partial charge in [0.1, 0.15) is 6.04 Å². The summed E-state index contributed by atoms with van der Waals surface area (Å²) >= 11 is 0. The highest BCUT2D eigenvalue weighted by Crippen LogP contribution is 2.23. The minimum absolute atomic E-state index is 0.0674. The molecule has 0 aliphatic rings. The third-order valence-corrected chi connectivity index (χ3v) is 4.01. The first-order chi connectivity index (χ1) is 12.0. The van der Waals surface area contributed by atoms with Crippen LogP contribution in [0, 0.1) is 0 Å². The molecular formula is C20H25N3O2. The van der Waals surface area contributed by atoms with Crippen molar-refractivity contribution in [2.45, 2.75) is 26.8 Å². The maximum atomic E-state index is 12.9. The molecule has 1 unspecified atom stereocenters. The van der Waals surface area contributed by atoms with Gasteiger partial charge in [-0.15, -0.1) is 0 Å².